The van der Waals surface area contributed by atoms with E-state index in [1.807, 2.05) is 0 Å². The molecule has 0 saturated carbocycles. The predicted octanol–water partition coefficient (Wildman–Crippen LogP) is -0.483. The molecule has 0 aliphatic carbocycles. The van der Waals surface area contributed by atoms with Gasteiger partial charge in [-0.3, -0.25) is 4.90 Å². The topological polar surface area (TPSA) is 121 Å². The first-order valence-corrected chi connectivity index (χ1v) is 6.15. The van der Waals surface area contributed by atoms with Crippen LogP contribution in [0.4, 0.5) is 4.79 Å². The van der Waals surface area contributed by atoms with Gasteiger partial charge >= 0.3 is 12.1 Å². The lowest BCUT2D eigenvalue weighted by Gasteiger charge is -2.30. The Kier molecular flexibility index (Phi) is 3.10. The molecule has 9 heteroatoms. The zero-order valence-electron chi connectivity index (χ0n) is 8.41. The Hall–Kier alpha value is -1.35. The van der Waals surface area contributed by atoms with Gasteiger partial charge in [0.1, 0.15) is 0 Å². The largest absolute Gasteiger partial charge is 0.478 e. The second kappa shape index (κ2) is 3.91. The normalized spacial score (nSPS) is 25.7. The third kappa shape index (κ3) is 2.25. The molecule has 1 amide bonds. The Morgan fingerprint density at radius 2 is 1.94 bits per heavy atom. The summed E-state index contributed by atoms with van der Waals surface area (Å²) in [7, 11) is -4.06. The Morgan fingerprint density at radius 1 is 1.38 bits per heavy atom. The van der Waals surface area contributed by atoms with Crippen LogP contribution in [-0.2, 0) is 19.1 Å². The van der Waals surface area contributed by atoms with Gasteiger partial charge in [-0.15, -0.1) is 0 Å². The van der Waals surface area contributed by atoms with E-state index in [0.717, 1.165) is 0 Å². The summed E-state index contributed by atoms with van der Waals surface area (Å²) < 4.78 is 26.4. The summed E-state index contributed by atoms with van der Waals surface area (Å²) in [5.41, 5.74) is -2.32. The zero-order chi connectivity index (χ0) is 12.6. The first kappa shape index (κ1) is 12.7. The third-order valence-electron chi connectivity index (χ3n) is 2.19. The summed E-state index contributed by atoms with van der Waals surface area (Å²) in [5, 5.41) is 17.7. The van der Waals surface area contributed by atoms with E-state index in [9.17, 15) is 18.0 Å². The van der Waals surface area contributed by atoms with Gasteiger partial charge in [-0.05, 0) is 6.42 Å². The molecule has 0 aromatic carbocycles. The van der Waals surface area contributed by atoms with Gasteiger partial charge in [0.15, 0.2) is 0 Å². The fourth-order valence-electron chi connectivity index (χ4n) is 1.64. The molecule has 8 nitrogen and oxygen atoms in total. The molecule has 1 heterocycles. The highest BCUT2D eigenvalue weighted by Crippen LogP contribution is 2.32. The Balaban J connectivity index is 3.15. The number of aliphatic carboxylic acids is 1. The molecule has 0 spiro atoms. The molecule has 1 aliphatic heterocycles. The second-order valence-electron chi connectivity index (χ2n) is 3.41. The van der Waals surface area contributed by atoms with Crippen molar-refractivity contribution in [3.63, 3.8) is 0 Å². The maximum Gasteiger partial charge on any atom is 0.410 e. The predicted molar refractivity (Wildman–Crippen MR) is 50.3 cm³/mol. The van der Waals surface area contributed by atoms with E-state index in [1.54, 1.807) is 0 Å². The zero-order valence-corrected chi connectivity index (χ0v) is 9.23. The van der Waals surface area contributed by atoms with Gasteiger partial charge in [0, 0.05) is 13.0 Å². The first-order valence-electron chi connectivity index (χ1n) is 4.33. The molecule has 1 rings (SSSR count). The SMILES string of the molecule is CS(=O)(=O)O[C@]1(C(=O)O)CCCN1C(=O)O. The van der Waals surface area contributed by atoms with Gasteiger partial charge in [0.2, 0.25) is 0 Å². The summed E-state index contributed by atoms with van der Waals surface area (Å²) in [6, 6.07) is 0. The van der Waals surface area contributed by atoms with E-state index >= 15 is 0 Å². The fraction of sp³-hybridized carbons (Fsp3) is 0.714. The minimum absolute atomic E-state index is 0.0723. The maximum absolute atomic E-state index is 11.0. The number of hydrogen-bond donors (Lipinski definition) is 2. The molecule has 16 heavy (non-hydrogen) atoms. The van der Waals surface area contributed by atoms with E-state index in [2.05, 4.69) is 4.18 Å². The summed E-state index contributed by atoms with van der Waals surface area (Å²) in [4.78, 5) is 22.3. The van der Waals surface area contributed by atoms with Crippen molar-refractivity contribution in [2.75, 3.05) is 12.8 Å². The molecule has 1 fully saturated rings. The summed E-state index contributed by atoms with van der Waals surface area (Å²) in [6.45, 7) is -0.0723. The van der Waals surface area contributed by atoms with Crippen LogP contribution in [0.5, 0.6) is 0 Å². The van der Waals surface area contributed by atoms with E-state index in [-0.39, 0.29) is 19.4 Å². The van der Waals surface area contributed by atoms with Gasteiger partial charge in [-0.25, -0.2) is 13.8 Å². The van der Waals surface area contributed by atoms with Crippen LogP contribution in [0.3, 0.4) is 0 Å². The van der Waals surface area contributed by atoms with E-state index < -0.39 is 27.9 Å². The van der Waals surface area contributed by atoms with Crippen LogP contribution in [0.1, 0.15) is 12.8 Å². The number of carbonyl (C=O) groups is 2. The van der Waals surface area contributed by atoms with Crippen molar-refractivity contribution in [3.8, 4) is 0 Å². The number of rotatable bonds is 3. The van der Waals surface area contributed by atoms with Gasteiger partial charge in [0.05, 0.1) is 6.26 Å². The molecule has 0 unspecified atom stereocenters. The van der Waals surface area contributed by atoms with Crippen molar-refractivity contribution < 1.29 is 32.4 Å². The molecule has 0 aromatic rings. The number of hydrogen-bond acceptors (Lipinski definition) is 5. The molecule has 92 valence electrons. The Labute approximate surface area is 91.5 Å². The third-order valence-corrected chi connectivity index (χ3v) is 2.77. The lowest BCUT2D eigenvalue weighted by molar-refractivity contribution is -0.166. The van der Waals surface area contributed by atoms with E-state index in [0.29, 0.717) is 11.2 Å². The lowest BCUT2D eigenvalue weighted by atomic mass is 10.1. The Bertz CT molecular complexity index is 416. The van der Waals surface area contributed by atoms with Gasteiger partial charge in [-0.1, -0.05) is 0 Å². The first-order chi connectivity index (χ1) is 7.19. The molecule has 1 saturated heterocycles. The van der Waals surface area contributed by atoms with Crippen LogP contribution in [0.15, 0.2) is 0 Å². The molecular formula is C7H11NO7S. The average Bonchev–Trinajstić information content (AvgIpc) is 2.45. The molecule has 0 radical (unpaired) electrons. The summed E-state index contributed by atoms with van der Waals surface area (Å²) in [6.07, 6.45) is -0.810. The maximum atomic E-state index is 11.0. The Morgan fingerprint density at radius 3 is 2.31 bits per heavy atom. The average molecular weight is 253 g/mol. The quantitative estimate of drug-likeness (QED) is 0.651. The van der Waals surface area contributed by atoms with Gasteiger partial charge in [-0.2, -0.15) is 8.42 Å². The van der Waals surface area contributed by atoms with Gasteiger partial charge < -0.3 is 10.2 Å². The van der Waals surface area contributed by atoms with E-state index in [1.165, 1.54) is 0 Å². The van der Waals surface area contributed by atoms with Crippen molar-refractivity contribution in [1.29, 1.82) is 0 Å². The standard InChI is InChI=1S/C7H11NO7S/c1-16(13,14)15-7(5(9)10)3-2-4-8(7)6(11)12/h2-4H2,1H3,(H,9,10)(H,11,12)/t7-/m0/s1. The van der Waals surface area contributed by atoms with Crippen LogP contribution in [0.25, 0.3) is 0 Å². The van der Waals surface area contributed by atoms with Crippen molar-refractivity contribution in [1.82, 2.24) is 4.90 Å². The summed E-state index contributed by atoms with van der Waals surface area (Å²) in [5.74, 6) is -1.63. The second-order valence-corrected chi connectivity index (χ2v) is 4.99. The minimum Gasteiger partial charge on any atom is -0.478 e. The highest BCUT2D eigenvalue weighted by Gasteiger charge is 2.54. The van der Waals surface area contributed by atoms with Crippen LogP contribution >= 0.6 is 0 Å². The van der Waals surface area contributed by atoms with Crippen LogP contribution in [0.2, 0.25) is 0 Å². The molecule has 1 aliphatic rings. The van der Waals surface area contributed by atoms with Crippen LogP contribution < -0.4 is 0 Å². The fourth-order valence-corrected chi connectivity index (χ4v) is 2.38. The van der Waals surface area contributed by atoms with Crippen molar-refractivity contribution in [3.05, 3.63) is 0 Å². The monoisotopic (exact) mass is 253 g/mol. The van der Waals surface area contributed by atoms with Crippen LogP contribution in [-0.4, -0.2) is 54.1 Å². The number of carboxylic acids is 1. The van der Waals surface area contributed by atoms with Crippen molar-refractivity contribution in [2.45, 2.75) is 18.6 Å². The number of nitrogens with zero attached hydrogens (tertiary/aromatic N) is 1. The molecular weight excluding hydrogens is 242 g/mol. The number of likely N-dealkylation sites (tertiary alicyclic amines) is 1. The van der Waals surface area contributed by atoms with Crippen LogP contribution in [0, 0.1) is 0 Å². The number of carboxylic acid groups (broad SMARTS) is 2. The minimum atomic E-state index is -4.06. The highest BCUT2D eigenvalue weighted by molar-refractivity contribution is 7.86. The summed E-state index contributed by atoms with van der Waals surface area (Å²) >= 11 is 0. The number of amides is 1. The smallest absolute Gasteiger partial charge is 0.410 e. The van der Waals surface area contributed by atoms with Crippen molar-refractivity contribution in [2.24, 2.45) is 0 Å². The molecule has 1 atom stereocenters. The highest BCUT2D eigenvalue weighted by atomic mass is 32.2. The van der Waals surface area contributed by atoms with Gasteiger partial charge in [0.25, 0.3) is 15.8 Å². The molecule has 2 N–H and O–H groups in total. The molecule has 0 aromatic heterocycles. The van der Waals surface area contributed by atoms with Crippen molar-refractivity contribution >= 4 is 22.2 Å². The lowest BCUT2D eigenvalue weighted by Crippen LogP contribution is -2.55. The van der Waals surface area contributed by atoms with E-state index in [4.69, 9.17) is 10.2 Å². The molecule has 0 bridgehead atoms.